The van der Waals surface area contributed by atoms with Gasteiger partial charge in [0, 0.05) is 23.7 Å². The average molecular weight is 367 g/mol. The number of para-hydroxylation sites is 1. The number of nitro groups is 1. The molecule has 0 radical (unpaired) electrons. The van der Waals surface area contributed by atoms with Crippen LogP contribution >= 0.6 is 0 Å². The predicted molar refractivity (Wildman–Crippen MR) is 93.4 cm³/mol. The lowest BCUT2D eigenvalue weighted by atomic mass is 10.00. The fraction of sp³-hybridized carbons (Fsp3) is 0.158. The molecule has 27 heavy (non-hydrogen) atoms. The Labute approximate surface area is 153 Å². The SMILES string of the molecule is O=C(c1ccccc1[N+](=O)[O-])N1CCc2c(noc2-c2ccc(F)cc2)C1. The second-order valence-corrected chi connectivity index (χ2v) is 6.19. The summed E-state index contributed by atoms with van der Waals surface area (Å²) < 4.78 is 18.5. The van der Waals surface area contributed by atoms with Crippen molar-refractivity contribution in [3.8, 4) is 11.3 Å². The van der Waals surface area contributed by atoms with Gasteiger partial charge in [-0.2, -0.15) is 0 Å². The molecule has 0 spiro atoms. The molecule has 0 N–H and O–H groups in total. The number of hydrogen-bond acceptors (Lipinski definition) is 5. The van der Waals surface area contributed by atoms with E-state index in [4.69, 9.17) is 4.52 Å². The van der Waals surface area contributed by atoms with E-state index >= 15 is 0 Å². The molecule has 1 amide bonds. The average Bonchev–Trinajstić information content (AvgIpc) is 3.11. The first-order valence-electron chi connectivity index (χ1n) is 8.30. The summed E-state index contributed by atoms with van der Waals surface area (Å²) in [6.45, 7) is 0.582. The number of fused-ring (bicyclic) bond motifs is 1. The number of amides is 1. The minimum Gasteiger partial charge on any atom is -0.356 e. The van der Waals surface area contributed by atoms with Crippen LogP contribution in [-0.4, -0.2) is 27.4 Å². The summed E-state index contributed by atoms with van der Waals surface area (Å²) >= 11 is 0. The Morgan fingerprint density at radius 3 is 2.67 bits per heavy atom. The van der Waals surface area contributed by atoms with Gasteiger partial charge in [-0.05, 0) is 36.8 Å². The van der Waals surface area contributed by atoms with Crippen LogP contribution < -0.4 is 0 Å². The van der Waals surface area contributed by atoms with Crippen LogP contribution in [0.5, 0.6) is 0 Å². The summed E-state index contributed by atoms with van der Waals surface area (Å²) in [5.74, 6) is -0.199. The van der Waals surface area contributed by atoms with Gasteiger partial charge in [-0.15, -0.1) is 0 Å². The number of nitrogens with zero attached hydrogens (tertiary/aromatic N) is 3. The van der Waals surface area contributed by atoms with Crippen LogP contribution in [0.15, 0.2) is 53.1 Å². The van der Waals surface area contributed by atoms with Gasteiger partial charge in [0.2, 0.25) is 0 Å². The number of nitro benzene ring substituents is 1. The maximum absolute atomic E-state index is 13.1. The highest BCUT2D eigenvalue weighted by Gasteiger charge is 2.30. The van der Waals surface area contributed by atoms with Crippen molar-refractivity contribution in [2.75, 3.05) is 6.54 Å². The first kappa shape index (κ1) is 16.9. The molecule has 1 aromatic heterocycles. The van der Waals surface area contributed by atoms with Crippen molar-refractivity contribution in [1.82, 2.24) is 10.1 Å². The number of carbonyl (C=O) groups is 1. The standard InChI is InChI=1S/C19H14FN3O4/c20-13-7-5-12(6-8-13)18-14-9-10-22(11-16(14)21-27-18)19(24)15-3-1-2-4-17(15)23(25)26/h1-8H,9-11H2. The Bertz CT molecular complexity index is 1030. The van der Waals surface area contributed by atoms with Crippen molar-refractivity contribution >= 4 is 11.6 Å². The van der Waals surface area contributed by atoms with Crippen molar-refractivity contribution in [1.29, 1.82) is 0 Å². The Balaban J connectivity index is 1.60. The Morgan fingerprint density at radius 2 is 1.93 bits per heavy atom. The van der Waals surface area contributed by atoms with Crippen LogP contribution in [0.1, 0.15) is 21.6 Å². The highest BCUT2D eigenvalue weighted by atomic mass is 19.1. The molecule has 0 bridgehead atoms. The van der Waals surface area contributed by atoms with Crippen LogP contribution in [0.4, 0.5) is 10.1 Å². The van der Waals surface area contributed by atoms with Crippen molar-refractivity contribution in [3.63, 3.8) is 0 Å². The summed E-state index contributed by atoms with van der Waals surface area (Å²) in [5, 5.41) is 15.2. The second-order valence-electron chi connectivity index (χ2n) is 6.19. The van der Waals surface area contributed by atoms with Crippen LogP contribution in [0, 0.1) is 15.9 Å². The predicted octanol–water partition coefficient (Wildman–Crippen LogP) is 3.59. The maximum Gasteiger partial charge on any atom is 0.282 e. The van der Waals surface area contributed by atoms with Crippen molar-refractivity contribution in [3.05, 3.63) is 81.3 Å². The van der Waals surface area contributed by atoms with E-state index in [0.717, 1.165) is 5.56 Å². The molecule has 1 aliphatic rings. The van der Waals surface area contributed by atoms with E-state index in [1.54, 1.807) is 18.2 Å². The molecule has 0 aliphatic carbocycles. The molecule has 3 aromatic rings. The molecule has 0 atom stereocenters. The number of rotatable bonds is 3. The van der Waals surface area contributed by atoms with Gasteiger partial charge < -0.3 is 9.42 Å². The van der Waals surface area contributed by atoms with E-state index in [-0.39, 0.29) is 23.6 Å². The van der Waals surface area contributed by atoms with Gasteiger partial charge >= 0.3 is 0 Å². The molecule has 8 heteroatoms. The van der Waals surface area contributed by atoms with E-state index in [9.17, 15) is 19.3 Å². The summed E-state index contributed by atoms with van der Waals surface area (Å²) in [6.07, 6.45) is 0.498. The topological polar surface area (TPSA) is 89.5 Å². The van der Waals surface area contributed by atoms with Gasteiger partial charge in [0.25, 0.3) is 11.6 Å². The van der Waals surface area contributed by atoms with Crippen LogP contribution in [-0.2, 0) is 13.0 Å². The lowest BCUT2D eigenvalue weighted by Crippen LogP contribution is -2.36. The smallest absolute Gasteiger partial charge is 0.282 e. The van der Waals surface area contributed by atoms with E-state index in [1.165, 1.54) is 35.2 Å². The molecule has 0 unspecified atom stereocenters. The Morgan fingerprint density at radius 1 is 1.19 bits per heavy atom. The summed E-state index contributed by atoms with van der Waals surface area (Å²) in [6, 6.07) is 11.8. The van der Waals surface area contributed by atoms with E-state index in [2.05, 4.69) is 5.16 Å². The molecule has 4 rings (SSSR count). The molecule has 2 aromatic carbocycles. The quantitative estimate of drug-likeness (QED) is 0.521. The lowest BCUT2D eigenvalue weighted by Gasteiger charge is -2.26. The molecule has 0 saturated carbocycles. The summed E-state index contributed by atoms with van der Waals surface area (Å²) in [4.78, 5) is 24.9. The normalized spacial score (nSPS) is 13.3. The molecule has 2 heterocycles. The molecule has 7 nitrogen and oxygen atoms in total. The molecular formula is C19H14FN3O4. The monoisotopic (exact) mass is 367 g/mol. The summed E-state index contributed by atoms with van der Waals surface area (Å²) in [7, 11) is 0. The van der Waals surface area contributed by atoms with Crippen molar-refractivity contribution in [2.45, 2.75) is 13.0 Å². The first-order valence-corrected chi connectivity index (χ1v) is 8.30. The summed E-state index contributed by atoms with van der Waals surface area (Å²) in [5.41, 5.74) is 2.01. The largest absolute Gasteiger partial charge is 0.356 e. The van der Waals surface area contributed by atoms with Gasteiger partial charge in [-0.25, -0.2) is 4.39 Å². The Kier molecular flexibility index (Phi) is 4.15. The van der Waals surface area contributed by atoms with E-state index < -0.39 is 10.8 Å². The van der Waals surface area contributed by atoms with E-state index in [1.807, 2.05) is 0 Å². The highest BCUT2D eigenvalue weighted by Crippen LogP contribution is 2.31. The molecule has 0 saturated heterocycles. The van der Waals surface area contributed by atoms with E-state index in [0.29, 0.717) is 30.0 Å². The minimum atomic E-state index is -0.564. The number of hydrogen-bond donors (Lipinski definition) is 0. The number of halogens is 1. The molecule has 136 valence electrons. The van der Waals surface area contributed by atoms with Gasteiger partial charge in [0.05, 0.1) is 11.5 Å². The van der Waals surface area contributed by atoms with Crippen LogP contribution in [0.3, 0.4) is 0 Å². The fourth-order valence-corrected chi connectivity index (χ4v) is 3.22. The molecule has 0 fully saturated rings. The van der Waals surface area contributed by atoms with Gasteiger partial charge in [-0.1, -0.05) is 17.3 Å². The van der Waals surface area contributed by atoms with Gasteiger partial charge in [0.1, 0.15) is 17.1 Å². The third-order valence-corrected chi connectivity index (χ3v) is 4.57. The first-order chi connectivity index (χ1) is 13.0. The Hall–Kier alpha value is -3.55. The molecular weight excluding hydrogens is 353 g/mol. The van der Waals surface area contributed by atoms with Crippen LogP contribution in [0.25, 0.3) is 11.3 Å². The number of carbonyl (C=O) groups excluding carboxylic acids is 1. The fourth-order valence-electron chi connectivity index (χ4n) is 3.22. The highest BCUT2D eigenvalue weighted by molar-refractivity contribution is 5.98. The second kappa shape index (κ2) is 6.64. The van der Waals surface area contributed by atoms with Crippen LogP contribution in [0.2, 0.25) is 0 Å². The molecule has 1 aliphatic heterocycles. The zero-order valence-corrected chi connectivity index (χ0v) is 14.1. The lowest BCUT2D eigenvalue weighted by molar-refractivity contribution is -0.385. The zero-order valence-electron chi connectivity index (χ0n) is 14.1. The van der Waals surface area contributed by atoms with Crippen molar-refractivity contribution in [2.24, 2.45) is 0 Å². The van der Waals surface area contributed by atoms with Gasteiger partial charge in [0.15, 0.2) is 5.76 Å². The third kappa shape index (κ3) is 3.05. The van der Waals surface area contributed by atoms with Crippen molar-refractivity contribution < 1.29 is 18.6 Å². The number of aromatic nitrogens is 1. The maximum atomic E-state index is 13.1. The third-order valence-electron chi connectivity index (χ3n) is 4.57. The number of benzene rings is 2. The van der Waals surface area contributed by atoms with Gasteiger partial charge in [-0.3, -0.25) is 14.9 Å². The minimum absolute atomic E-state index is 0.0493. The zero-order chi connectivity index (χ0) is 19.0.